The molecule has 0 saturated heterocycles. The summed E-state index contributed by atoms with van der Waals surface area (Å²) in [5.74, 6) is 0. The zero-order valence-corrected chi connectivity index (χ0v) is 13.0. The van der Waals surface area contributed by atoms with Crippen molar-refractivity contribution in [3.63, 3.8) is 0 Å². The van der Waals surface area contributed by atoms with Crippen LogP contribution in [-0.4, -0.2) is 33.0 Å². The predicted octanol–water partition coefficient (Wildman–Crippen LogP) is 1.98. The first kappa shape index (κ1) is 14.0. The van der Waals surface area contributed by atoms with Crippen LogP contribution in [0, 0.1) is 0 Å². The summed E-state index contributed by atoms with van der Waals surface area (Å²) in [6, 6.07) is 3.82. The molecular weight excluding hydrogens is 330 g/mol. The van der Waals surface area contributed by atoms with Gasteiger partial charge in [-0.25, -0.2) is 4.79 Å². The van der Waals surface area contributed by atoms with E-state index in [4.69, 9.17) is 0 Å². The SMILES string of the molecule is CN(Cc1cn(C)nn1)C(=O)NCc1ccc(Br)s1. The Morgan fingerprint density at radius 3 is 2.95 bits per heavy atom. The number of hydrogen-bond acceptors (Lipinski definition) is 4. The Labute approximate surface area is 123 Å². The average Bonchev–Trinajstić information content (AvgIpc) is 2.95. The van der Waals surface area contributed by atoms with E-state index in [0.29, 0.717) is 13.1 Å². The van der Waals surface area contributed by atoms with Gasteiger partial charge < -0.3 is 10.2 Å². The molecule has 0 saturated carbocycles. The number of amides is 2. The highest BCUT2D eigenvalue weighted by Crippen LogP contribution is 2.21. The van der Waals surface area contributed by atoms with Crippen LogP contribution in [-0.2, 0) is 20.1 Å². The summed E-state index contributed by atoms with van der Waals surface area (Å²) < 4.78 is 2.68. The molecule has 2 rings (SSSR count). The maximum Gasteiger partial charge on any atom is 0.317 e. The molecule has 2 amide bonds. The van der Waals surface area contributed by atoms with Gasteiger partial charge in [0, 0.05) is 25.2 Å². The Bertz CT molecular complexity index is 567. The number of halogens is 1. The van der Waals surface area contributed by atoms with E-state index in [0.717, 1.165) is 14.4 Å². The summed E-state index contributed by atoms with van der Waals surface area (Å²) in [5, 5.41) is 10.6. The van der Waals surface area contributed by atoms with Crippen molar-refractivity contribution in [2.45, 2.75) is 13.1 Å². The number of nitrogens with one attached hydrogen (secondary N) is 1. The van der Waals surface area contributed by atoms with Gasteiger partial charge in [0.25, 0.3) is 0 Å². The second kappa shape index (κ2) is 6.16. The van der Waals surface area contributed by atoms with Gasteiger partial charge in [-0.2, -0.15) is 0 Å². The molecule has 6 nitrogen and oxygen atoms in total. The Balaban J connectivity index is 1.82. The Hall–Kier alpha value is -1.41. The van der Waals surface area contributed by atoms with Crippen LogP contribution < -0.4 is 5.32 Å². The van der Waals surface area contributed by atoms with Crippen molar-refractivity contribution in [3.05, 3.63) is 32.7 Å². The minimum Gasteiger partial charge on any atom is -0.333 e. The third-order valence-electron chi connectivity index (χ3n) is 2.44. The molecule has 0 aromatic carbocycles. The van der Waals surface area contributed by atoms with Crippen LogP contribution in [0.2, 0.25) is 0 Å². The fourth-order valence-electron chi connectivity index (χ4n) is 1.53. The summed E-state index contributed by atoms with van der Waals surface area (Å²) in [6.07, 6.45) is 1.79. The fraction of sp³-hybridized carbons (Fsp3) is 0.364. The topological polar surface area (TPSA) is 63.1 Å². The minimum absolute atomic E-state index is 0.129. The quantitative estimate of drug-likeness (QED) is 0.923. The lowest BCUT2D eigenvalue weighted by Crippen LogP contribution is -2.36. The van der Waals surface area contributed by atoms with Gasteiger partial charge in [0.2, 0.25) is 0 Å². The molecule has 1 N–H and O–H groups in total. The van der Waals surface area contributed by atoms with E-state index in [9.17, 15) is 4.79 Å². The zero-order valence-electron chi connectivity index (χ0n) is 10.6. The highest BCUT2D eigenvalue weighted by Gasteiger charge is 2.11. The van der Waals surface area contributed by atoms with Gasteiger partial charge in [0.15, 0.2) is 0 Å². The molecule has 0 aliphatic carbocycles. The molecule has 0 unspecified atom stereocenters. The predicted molar refractivity (Wildman–Crippen MR) is 76.7 cm³/mol. The van der Waals surface area contributed by atoms with Crippen LogP contribution in [0.25, 0.3) is 0 Å². The summed E-state index contributed by atoms with van der Waals surface area (Å²) in [7, 11) is 3.53. The van der Waals surface area contributed by atoms with Crippen molar-refractivity contribution in [1.29, 1.82) is 0 Å². The Morgan fingerprint density at radius 1 is 1.58 bits per heavy atom. The molecule has 0 fully saturated rings. The molecule has 2 aromatic heterocycles. The number of aryl methyl sites for hydroxylation is 1. The van der Waals surface area contributed by atoms with E-state index < -0.39 is 0 Å². The number of carbonyl (C=O) groups is 1. The van der Waals surface area contributed by atoms with Crippen LogP contribution in [0.15, 0.2) is 22.1 Å². The van der Waals surface area contributed by atoms with Crippen LogP contribution in [0.5, 0.6) is 0 Å². The summed E-state index contributed by atoms with van der Waals surface area (Å²) in [4.78, 5) is 14.6. The van der Waals surface area contributed by atoms with Crippen molar-refractivity contribution in [1.82, 2.24) is 25.2 Å². The third-order valence-corrected chi connectivity index (χ3v) is 4.06. The minimum atomic E-state index is -0.129. The molecule has 0 aliphatic rings. The van der Waals surface area contributed by atoms with Gasteiger partial charge in [0.1, 0.15) is 5.69 Å². The van der Waals surface area contributed by atoms with Gasteiger partial charge >= 0.3 is 6.03 Å². The number of hydrogen-bond donors (Lipinski definition) is 1. The summed E-state index contributed by atoms with van der Waals surface area (Å²) in [6.45, 7) is 0.966. The number of carbonyl (C=O) groups excluding carboxylic acids is 1. The van der Waals surface area contributed by atoms with Crippen molar-refractivity contribution in [2.24, 2.45) is 7.05 Å². The average molecular weight is 344 g/mol. The highest BCUT2D eigenvalue weighted by molar-refractivity contribution is 9.11. The maximum absolute atomic E-state index is 11.9. The first-order chi connectivity index (χ1) is 9.04. The number of rotatable bonds is 4. The van der Waals surface area contributed by atoms with Crippen molar-refractivity contribution < 1.29 is 4.79 Å². The monoisotopic (exact) mass is 343 g/mol. The largest absolute Gasteiger partial charge is 0.333 e. The van der Waals surface area contributed by atoms with E-state index in [2.05, 4.69) is 31.6 Å². The molecule has 2 heterocycles. The molecule has 0 aliphatic heterocycles. The zero-order chi connectivity index (χ0) is 13.8. The number of nitrogens with zero attached hydrogens (tertiary/aromatic N) is 4. The van der Waals surface area contributed by atoms with Crippen LogP contribution in [0.4, 0.5) is 4.79 Å². The molecule has 2 aromatic rings. The summed E-state index contributed by atoms with van der Waals surface area (Å²) in [5.41, 5.74) is 0.763. The Kier molecular flexibility index (Phi) is 4.54. The number of urea groups is 1. The maximum atomic E-state index is 11.9. The van der Waals surface area contributed by atoms with Gasteiger partial charge in [-0.05, 0) is 28.1 Å². The first-order valence-corrected chi connectivity index (χ1v) is 7.24. The molecule has 0 bridgehead atoms. The van der Waals surface area contributed by atoms with E-state index >= 15 is 0 Å². The lowest BCUT2D eigenvalue weighted by atomic mass is 10.4. The highest BCUT2D eigenvalue weighted by atomic mass is 79.9. The standard InChI is InChI=1S/C11H14BrN5OS/c1-16(6-8-7-17(2)15-14-8)11(18)13-5-9-3-4-10(12)19-9/h3-4,7H,5-6H2,1-2H3,(H,13,18). The van der Waals surface area contributed by atoms with Gasteiger partial charge in [-0.3, -0.25) is 4.68 Å². The Morgan fingerprint density at radius 2 is 2.37 bits per heavy atom. The van der Waals surface area contributed by atoms with Gasteiger partial charge in [-0.15, -0.1) is 16.4 Å². The lowest BCUT2D eigenvalue weighted by molar-refractivity contribution is 0.206. The molecule has 0 radical (unpaired) electrons. The second-order valence-electron chi connectivity index (χ2n) is 4.10. The van der Waals surface area contributed by atoms with E-state index in [-0.39, 0.29) is 6.03 Å². The normalized spacial score (nSPS) is 10.5. The number of aromatic nitrogens is 3. The first-order valence-electron chi connectivity index (χ1n) is 5.63. The van der Waals surface area contributed by atoms with Gasteiger partial charge in [-0.1, -0.05) is 5.21 Å². The van der Waals surface area contributed by atoms with Gasteiger partial charge in [0.05, 0.1) is 16.9 Å². The van der Waals surface area contributed by atoms with E-state index in [1.807, 2.05) is 12.1 Å². The van der Waals surface area contributed by atoms with Crippen LogP contribution >= 0.6 is 27.3 Å². The molecular formula is C11H14BrN5OS. The molecule has 102 valence electrons. The second-order valence-corrected chi connectivity index (χ2v) is 6.65. The molecule has 19 heavy (non-hydrogen) atoms. The smallest absolute Gasteiger partial charge is 0.317 e. The van der Waals surface area contributed by atoms with Crippen molar-refractivity contribution >= 4 is 33.3 Å². The summed E-state index contributed by atoms with van der Waals surface area (Å²) >= 11 is 5.00. The van der Waals surface area contributed by atoms with E-state index in [1.54, 1.807) is 41.2 Å². The fourth-order valence-corrected chi connectivity index (χ4v) is 2.95. The van der Waals surface area contributed by atoms with Crippen LogP contribution in [0.1, 0.15) is 10.6 Å². The van der Waals surface area contributed by atoms with Crippen molar-refractivity contribution in [2.75, 3.05) is 7.05 Å². The molecule has 0 atom stereocenters. The number of thiophene rings is 1. The van der Waals surface area contributed by atoms with Crippen molar-refractivity contribution in [3.8, 4) is 0 Å². The third kappa shape index (κ3) is 4.03. The van der Waals surface area contributed by atoms with E-state index in [1.165, 1.54) is 0 Å². The molecule has 8 heteroatoms. The van der Waals surface area contributed by atoms with Crippen LogP contribution in [0.3, 0.4) is 0 Å². The molecule has 0 spiro atoms. The lowest BCUT2D eigenvalue weighted by Gasteiger charge is -2.16.